The van der Waals surface area contributed by atoms with E-state index >= 15 is 0 Å². The van der Waals surface area contributed by atoms with Crippen LogP contribution in [0.25, 0.3) is 11.1 Å². The molecular formula is C30H33FN2O4. The van der Waals surface area contributed by atoms with Gasteiger partial charge in [-0.1, -0.05) is 18.2 Å². The van der Waals surface area contributed by atoms with Crippen molar-refractivity contribution >= 4 is 12.2 Å². The molecule has 0 bridgehead atoms. The number of rotatable bonds is 10. The van der Waals surface area contributed by atoms with Gasteiger partial charge in [-0.3, -0.25) is 4.79 Å². The molecule has 1 aliphatic heterocycles. The maximum Gasteiger partial charge on any atom is 0.293 e. The molecule has 3 aromatic rings. The summed E-state index contributed by atoms with van der Waals surface area (Å²) in [5.74, 6) is 0.254. The van der Waals surface area contributed by atoms with Gasteiger partial charge >= 0.3 is 0 Å². The van der Waals surface area contributed by atoms with E-state index in [0.717, 1.165) is 35.5 Å². The van der Waals surface area contributed by atoms with Crippen molar-refractivity contribution < 1.29 is 23.8 Å². The molecule has 2 fully saturated rings. The Labute approximate surface area is 216 Å². The first kappa shape index (κ1) is 25.2. The maximum absolute atomic E-state index is 14.6. The van der Waals surface area contributed by atoms with Crippen LogP contribution in [0.5, 0.6) is 5.75 Å². The monoisotopic (exact) mass is 504 g/mol. The number of aliphatic hydroxyl groups is 1. The number of hydrogen-bond donors (Lipinski definition) is 2. The summed E-state index contributed by atoms with van der Waals surface area (Å²) in [5, 5.41) is 9.50. The van der Waals surface area contributed by atoms with Crippen LogP contribution in [0, 0.1) is 11.2 Å². The molecule has 3 aromatic carbocycles. The molecule has 0 unspecified atom stereocenters. The van der Waals surface area contributed by atoms with E-state index in [1.807, 2.05) is 36.4 Å². The van der Waals surface area contributed by atoms with Gasteiger partial charge in [-0.25, -0.2) is 4.39 Å². The summed E-state index contributed by atoms with van der Waals surface area (Å²) in [6.07, 6.45) is 5.07. The Morgan fingerprint density at radius 3 is 2.49 bits per heavy atom. The molecule has 0 radical (unpaired) electrons. The highest BCUT2D eigenvalue weighted by atomic mass is 19.1. The van der Waals surface area contributed by atoms with Crippen molar-refractivity contribution in [3.63, 3.8) is 0 Å². The van der Waals surface area contributed by atoms with E-state index in [2.05, 4.69) is 17.0 Å². The van der Waals surface area contributed by atoms with Gasteiger partial charge in [0.2, 0.25) is 0 Å². The molecule has 37 heavy (non-hydrogen) atoms. The number of nitrogens with two attached hydrogens (primary N) is 1. The van der Waals surface area contributed by atoms with Gasteiger partial charge in [0.1, 0.15) is 24.8 Å². The summed E-state index contributed by atoms with van der Waals surface area (Å²) in [5.41, 5.74) is 11.5. The summed E-state index contributed by atoms with van der Waals surface area (Å²) < 4.78 is 25.7. The number of piperidine rings is 1. The van der Waals surface area contributed by atoms with Crippen molar-refractivity contribution in [2.45, 2.75) is 44.9 Å². The number of hydrogen-bond acceptors (Lipinski definition) is 6. The first-order chi connectivity index (χ1) is 18.0. The minimum absolute atomic E-state index is 0.137. The van der Waals surface area contributed by atoms with E-state index in [-0.39, 0.29) is 13.2 Å². The Hall–Kier alpha value is -3.42. The van der Waals surface area contributed by atoms with Crippen LogP contribution in [0.3, 0.4) is 0 Å². The molecule has 1 heterocycles. The van der Waals surface area contributed by atoms with Crippen molar-refractivity contribution in [2.75, 3.05) is 24.6 Å². The number of benzene rings is 3. The second-order valence-electron chi connectivity index (χ2n) is 10.2. The lowest BCUT2D eigenvalue weighted by molar-refractivity contribution is -0.129. The number of carbonyl (C=O) groups is 1. The first-order valence-corrected chi connectivity index (χ1v) is 12.8. The fourth-order valence-corrected chi connectivity index (χ4v) is 5.17. The number of para-hydroxylation sites is 1. The molecule has 1 saturated heterocycles. The van der Waals surface area contributed by atoms with Crippen molar-refractivity contribution in [1.29, 1.82) is 0 Å². The Kier molecular flexibility index (Phi) is 7.44. The van der Waals surface area contributed by atoms with Crippen LogP contribution in [0.15, 0.2) is 60.7 Å². The molecule has 0 amide bonds. The molecule has 3 N–H and O–H groups in total. The predicted octanol–water partition coefficient (Wildman–Crippen LogP) is 5.12. The largest absolute Gasteiger partial charge is 0.488 e. The topological polar surface area (TPSA) is 85.0 Å². The minimum Gasteiger partial charge on any atom is -0.488 e. The van der Waals surface area contributed by atoms with E-state index in [4.69, 9.17) is 15.2 Å². The van der Waals surface area contributed by atoms with Gasteiger partial charge in [0.25, 0.3) is 6.47 Å². The molecule has 194 valence electrons. The molecule has 2 aliphatic rings. The maximum atomic E-state index is 14.6. The zero-order valence-corrected chi connectivity index (χ0v) is 20.9. The third-order valence-corrected chi connectivity index (χ3v) is 7.68. The number of ether oxygens (including phenoxy) is 2. The molecule has 0 aromatic heterocycles. The van der Waals surface area contributed by atoms with Crippen molar-refractivity contribution in [2.24, 2.45) is 11.1 Å². The highest BCUT2D eigenvalue weighted by molar-refractivity contribution is 5.71. The van der Waals surface area contributed by atoms with Crippen LogP contribution in [0.4, 0.5) is 10.1 Å². The average molecular weight is 505 g/mol. The fraction of sp³-hybridized carbons (Fsp3) is 0.367. The first-order valence-electron chi connectivity index (χ1n) is 12.8. The van der Waals surface area contributed by atoms with Gasteiger partial charge in [0, 0.05) is 24.3 Å². The zero-order chi connectivity index (χ0) is 25.8. The van der Waals surface area contributed by atoms with Gasteiger partial charge in [0.15, 0.2) is 0 Å². The third kappa shape index (κ3) is 5.95. The number of anilines is 1. The Morgan fingerprint density at radius 2 is 1.76 bits per heavy atom. The lowest BCUT2D eigenvalue weighted by atomic mass is 9.92. The standard InChI is InChI=1S/C30H33FN2O4/c31-26-14-24(13-25(15-26)28(32)17-34)23-11-21(18-37-29-4-2-1-3-22(29)19-36-20-35)12-27(16-23)33-9-7-30(5-6-30)8-10-33/h1-4,11-16,20,28,34H,5-10,17-19,32H2/t28-/m1/s1. The normalized spacial score (nSPS) is 16.9. The second-order valence-corrected chi connectivity index (χ2v) is 10.2. The van der Waals surface area contributed by atoms with E-state index in [1.54, 1.807) is 0 Å². The summed E-state index contributed by atoms with van der Waals surface area (Å²) in [4.78, 5) is 13.1. The van der Waals surface area contributed by atoms with E-state index in [0.29, 0.717) is 35.4 Å². The molecule has 1 aliphatic carbocycles. The van der Waals surface area contributed by atoms with Crippen LogP contribution in [-0.4, -0.2) is 31.3 Å². The Balaban J connectivity index is 1.46. The van der Waals surface area contributed by atoms with Gasteiger partial charge < -0.3 is 25.2 Å². The van der Waals surface area contributed by atoms with E-state index in [9.17, 15) is 14.3 Å². The average Bonchev–Trinajstić information content (AvgIpc) is 3.69. The minimum atomic E-state index is -0.651. The lowest BCUT2D eigenvalue weighted by Crippen LogP contribution is -2.34. The third-order valence-electron chi connectivity index (χ3n) is 7.68. The van der Waals surface area contributed by atoms with E-state index < -0.39 is 11.9 Å². The summed E-state index contributed by atoms with van der Waals surface area (Å²) in [7, 11) is 0. The van der Waals surface area contributed by atoms with Crippen molar-refractivity contribution in [3.8, 4) is 16.9 Å². The van der Waals surface area contributed by atoms with Crippen LogP contribution in [-0.2, 0) is 22.7 Å². The fourth-order valence-electron chi connectivity index (χ4n) is 5.17. The highest BCUT2D eigenvalue weighted by Gasteiger charge is 2.44. The predicted molar refractivity (Wildman–Crippen MR) is 141 cm³/mol. The van der Waals surface area contributed by atoms with Crippen LogP contribution >= 0.6 is 0 Å². The van der Waals surface area contributed by atoms with Gasteiger partial charge in [-0.15, -0.1) is 0 Å². The highest BCUT2D eigenvalue weighted by Crippen LogP contribution is 2.54. The Morgan fingerprint density at radius 1 is 1.00 bits per heavy atom. The van der Waals surface area contributed by atoms with Crippen molar-refractivity contribution in [1.82, 2.24) is 0 Å². The van der Waals surface area contributed by atoms with Crippen LogP contribution < -0.4 is 15.4 Å². The number of aliphatic hydroxyl groups excluding tert-OH is 1. The molecule has 1 spiro atoms. The molecule has 1 saturated carbocycles. The molecule has 5 rings (SSSR count). The molecule has 6 nitrogen and oxygen atoms in total. The number of halogens is 1. The molecular weight excluding hydrogens is 471 g/mol. The summed E-state index contributed by atoms with van der Waals surface area (Å²) in [6, 6.07) is 17.8. The van der Waals surface area contributed by atoms with Gasteiger partial charge in [-0.2, -0.15) is 0 Å². The quantitative estimate of drug-likeness (QED) is 0.373. The van der Waals surface area contributed by atoms with Crippen molar-refractivity contribution in [3.05, 3.63) is 83.2 Å². The van der Waals surface area contributed by atoms with Gasteiger partial charge in [0.05, 0.1) is 12.6 Å². The lowest BCUT2D eigenvalue weighted by Gasteiger charge is -2.34. The number of carbonyl (C=O) groups excluding carboxylic acids is 1. The summed E-state index contributed by atoms with van der Waals surface area (Å²) >= 11 is 0. The van der Waals surface area contributed by atoms with E-state index in [1.165, 1.54) is 37.8 Å². The van der Waals surface area contributed by atoms with Gasteiger partial charge in [-0.05, 0) is 95.8 Å². The molecule has 7 heteroatoms. The molecule has 1 atom stereocenters. The zero-order valence-electron chi connectivity index (χ0n) is 20.9. The van der Waals surface area contributed by atoms with Crippen LogP contribution in [0.2, 0.25) is 0 Å². The van der Waals surface area contributed by atoms with Crippen LogP contribution in [0.1, 0.15) is 48.4 Å². The SMILES string of the molecule is N[C@H](CO)c1cc(F)cc(-c2cc(COc3ccccc3COC=O)cc(N3CCC4(CC3)CC4)c2)c1. The summed E-state index contributed by atoms with van der Waals surface area (Å²) in [6.45, 7) is 2.60. The smallest absolute Gasteiger partial charge is 0.293 e. The Bertz CT molecular complexity index is 1250. The second kappa shape index (κ2) is 10.9. The number of nitrogens with zero attached hydrogens (tertiary/aromatic N) is 1.